The van der Waals surface area contributed by atoms with Gasteiger partial charge >= 0.3 is 0 Å². The van der Waals surface area contributed by atoms with Crippen molar-refractivity contribution in [3.05, 3.63) is 31.8 Å². The van der Waals surface area contributed by atoms with E-state index in [1.165, 1.54) is 3.57 Å². The van der Waals surface area contributed by atoms with Crippen LogP contribution in [0.5, 0.6) is 0 Å². The van der Waals surface area contributed by atoms with Crippen LogP contribution in [-0.4, -0.2) is 9.78 Å². The lowest BCUT2D eigenvalue weighted by molar-refractivity contribution is 0.781. The first kappa shape index (κ1) is 12.9. The second-order valence-electron chi connectivity index (χ2n) is 3.81. The molecule has 0 saturated carbocycles. The largest absolute Gasteiger partial charge is 0.384 e. The molecule has 0 radical (unpaired) electrons. The van der Waals surface area contributed by atoms with Crippen LogP contribution in [0, 0.1) is 3.57 Å². The standard InChI is InChI=1S/C12H13BrIN3/c1-3-8-11(16-17(2)12(8)15)9-6-7(13)4-5-10(9)14/h4-6H,3,15H2,1-2H3. The molecule has 2 N–H and O–H groups in total. The molecular formula is C12H13BrIN3. The van der Waals surface area contributed by atoms with Gasteiger partial charge in [-0.2, -0.15) is 5.10 Å². The summed E-state index contributed by atoms with van der Waals surface area (Å²) in [5.41, 5.74) is 9.25. The van der Waals surface area contributed by atoms with Gasteiger partial charge in [0.25, 0.3) is 0 Å². The van der Waals surface area contributed by atoms with Crippen LogP contribution in [0.4, 0.5) is 5.82 Å². The zero-order valence-corrected chi connectivity index (χ0v) is 13.4. The van der Waals surface area contributed by atoms with Gasteiger partial charge in [-0.3, -0.25) is 4.68 Å². The Hall–Kier alpha value is -0.560. The van der Waals surface area contributed by atoms with Crippen molar-refractivity contribution in [1.29, 1.82) is 0 Å². The van der Waals surface area contributed by atoms with E-state index in [-0.39, 0.29) is 0 Å². The fourth-order valence-corrected chi connectivity index (χ4v) is 2.78. The van der Waals surface area contributed by atoms with Crippen LogP contribution in [-0.2, 0) is 13.5 Å². The fraction of sp³-hybridized carbons (Fsp3) is 0.250. The van der Waals surface area contributed by atoms with Gasteiger partial charge in [0, 0.05) is 26.2 Å². The average molecular weight is 406 g/mol. The van der Waals surface area contributed by atoms with E-state index in [9.17, 15) is 0 Å². The van der Waals surface area contributed by atoms with E-state index in [1.54, 1.807) is 4.68 Å². The lowest BCUT2D eigenvalue weighted by Crippen LogP contribution is -1.98. The lowest BCUT2D eigenvalue weighted by Gasteiger charge is -2.04. The normalized spacial score (nSPS) is 10.8. The van der Waals surface area contributed by atoms with E-state index in [2.05, 4.69) is 62.7 Å². The molecule has 5 heteroatoms. The predicted molar refractivity (Wildman–Crippen MR) is 82.9 cm³/mol. The van der Waals surface area contributed by atoms with Crippen LogP contribution < -0.4 is 5.73 Å². The van der Waals surface area contributed by atoms with Crippen LogP contribution in [0.15, 0.2) is 22.7 Å². The molecule has 1 aromatic heterocycles. The molecule has 17 heavy (non-hydrogen) atoms. The maximum atomic E-state index is 6.03. The maximum Gasteiger partial charge on any atom is 0.125 e. The van der Waals surface area contributed by atoms with Gasteiger partial charge in [-0.1, -0.05) is 22.9 Å². The van der Waals surface area contributed by atoms with E-state index in [0.717, 1.165) is 33.5 Å². The van der Waals surface area contributed by atoms with Crippen molar-refractivity contribution in [2.75, 3.05) is 5.73 Å². The van der Waals surface area contributed by atoms with Crippen LogP contribution in [0.1, 0.15) is 12.5 Å². The predicted octanol–water partition coefficient (Wildman–Crippen LogP) is 3.60. The summed E-state index contributed by atoms with van der Waals surface area (Å²) in [6, 6.07) is 6.19. The molecule has 1 aromatic carbocycles. The second kappa shape index (κ2) is 4.97. The Kier molecular flexibility index (Phi) is 3.77. The van der Waals surface area contributed by atoms with E-state index >= 15 is 0 Å². The van der Waals surface area contributed by atoms with Gasteiger partial charge in [0.2, 0.25) is 0 Å². The molecule has 0 unspecified atom stereocenters. The molecule has 0 saturated heterocycles. The fourth-order valence-electron chi connectivity index (χ4n) is 1.82. The number of benzene rings is 1. The Balaban J connectivity index is 2.68. The van der Waals surface area contributed by atoms with E-state index < -0.39 is 0 Å². The Labute approximate surface area is 123 Å². The quantitative estimate of drug-likeness (QED) is 0.775. The first-order chi connectivity index (χ1) is 8.04. The molecule has 0 aliphatic carbocycles. The Morgan fingerprint density at radius 2 is 2.18 bits per heavy atom. The summed E-state index contributed by atoms with van der Waals surface area (Å²) in [5, 5.41) is 4.52. The molecule has 0 spiro atoms. The van der Waals surface area contributed by atoms with Gasteiger partial charge in [-0.25, -0.2) is 0 Å². The number of hydrogen-bond acceptors (Lipinski definition) is 2. The van der Waals surface area contributed by atoms with Crippen LogP contribution in [0.25, 0.3) is 11.3 Å². The summed E-state index contributed by atoms with van der Waals surface area (Å²) in [7, 11) is 1.88. The SMILES string of the molecule is CCc1c(-c2cc(Br)ccc2I)nn(C)c1N. The zero-order valence-electron chi connectivity index (χ0n) is 9.67. The van der Waals surface area contributed by atoms with Gasteiger partial charge in [0.1, 0.15) is 5.82 Å². The summed E-state index contributed by atoms with van der Waals surface area (Å²) >= 11 is 5.82. The lowest BCUT2D eigenvalue weighted by atomic mass is 10.1. The molecule has 0 fully saturated rings. The van der Waals surface area contributed by atoms with Gasteiger partial charge in [0.05, 0.1) is 5.69 Å². The molecular weight excluding hydrogens is 393 g/mol. The molecule has 90 valence electrons. The van der Waals surface area contributed by atoms with Crippen molar-refractivity contribution in [1.82, 2.24) is 9.78 Å². The highest BCUT2D eigenvalue weighted by Gasteiger charge is 2.16. The maximum absolute atomic E-state index is 6.03. The molecule has 3 nitrogen and oxygen atoms in total. The number of aryl methyl sites for hydroxylation is 1. The van der Waals surface area contributed by atoms with Crippen LogP contribution in [0.2, 0.25) is 0 Å². The van der Waals surface area contributed by atoms with Gasteiger partial charge < -0.3 is 5.73 Å². The number of rotatable bonds is 2. The molecule has 1 heterocycles. The molecule has 0 amide bonds. The van der Waals surface area contributed by atoms with Crippen LogP contribution in [0.3, 0.4) is 0 Å². The summed E-state index contributed by atoms with van der Waals surface area (Å²) in [6.45, 7) is 2.10. The molecule has 0 aliphatic rings. The smallest absolute Gasteiger partial charge is 0.125 e. The minimum atomic E-state index is 0.748. The molecule has 2 rings (SSSR count). The first-order valence-corrected chi connectivity index (χ1v) is 7.18. The highest BCUT2D eigenvalue weighted by Crippen LogP contribution is 2.32. The summed E-state index contributed by atoms with van der Waals surface area (Å²) in [6.07, 6.45) is 0.887. The van der Waals surface area contributed by atoms with E-state index in [4.69, 9.17) is 5.73 Å². The third-order valence-corrected chi connectivity index (χ3v) is 4.16. The number of anilines is 1. The third-order valence-electron chi connectivity index (χ3n) is 2.73. The van der Waals surface area contributed by atoms with Crippen molar-refractivity contribution in [2.24, 2.45) is 7.05 Å². The van der Waals surface area contributed by atoms with Gasteiger partial charge in [-0.15, -0.1) is 0 Å². The Morgan fingerprint density at radius 3 is 2.82 bits per heavy atom. The topological polar surface area (TPSA) is 43.8 Å². The summed E-state index contributed by atoms with van der Waals surface area (Å²) < 4.78 is 3.98. The number of hydrogen-bond donors (Lipinski definition) is 1. The summed E-state index contributed by atoms with van der Waals surface area (Å²) in [4.78, 5) is 0. The minimum absolute atomic E-state index is 0.748. The molecule has 0 aliphatic heterocycles. The number of halogens is 2. The van der Waals surface area contributed by atoms with E-state index in [0.29, 0.717) is 0 Å². The second-order valence-corrected chi connectivity index (χ2v) is 5.89. The van der Waals surface area contributed by atoms with Crippen LogP contribution >= 0.6 is 38.5 Å². The Bertz CT molecular complexity index is 563. The van der Waals surface area contributed by atoms with E-state index in [1.807, 2.05) is 13.1 Å². The molecule has 2 aromatic rings. The van der Waals surface area contributed by atoms with Crippen molar-refractivity contribution in [3.63, 3.8) is 0 Å². The number of nitrogens with two attached hydrogens (primary N) is 1. The van der Waals surface area contributed by atoms with Crippen molar-refractivity contribution < 1.29 is 0 Å². The monoisotopic (exact) mass is 405 g/mol. The molecule has 0 bridgehead atoms. The number of aromatic nitrogens is 2. The third kappa shape index (κ3) is 2.35. The Morgan fingerprint density at radius 1 is 1.47 bits per heavy atom. The number of nitrogens with zero attached hydrogens (tertiary/aromatic N) is 2. The zero-order chi connectivity index (χ0) is 12.6. The van der Waals surface area contributed by atoms with Gasteiger partial charge in [0.15, 0.2) is 0 Å². The summed E-state index contributed by atoms with van der Waals surface area (Å²) in [5.74, 6) is 0.748. The van der Waals surface area contributed by atoms with Crippen molar-refractivity contribution in [2.45, 2.75) is 13.3 Å². The number of nitrogen functional groups attached to an aromatic ring is 1. The first-order valence-electron chi connectivity index (χ1n) is 5.31. The molecule has 0 atom stereocenters. The minimum Gasteiger partial charge on any atom is -0.384 e. The van der Waals surface area contributed by atoms with Crippen molar-refractivity contribution >= 4 is 44.3 Å². The average Bonchev–Trinajstić information content (AvgIpc) is 2.58. The van der Waals surface area contributed by atoms with Gasteiger partial charge in [-0.05, 0) is 47.2 Å². The highest BCUT2D eigenvalue weighted by atomic mass is 127. The highest BCUT2D eigenvalue weighted by molar-refractivity contribution is 14.1. The van der Waals surface area contributed by atoms with Crippen molar-refractivity contribution in [3.8, 4) is 11.3 Å².